The fourth-order valence-electron chi connectivity index (χ4n) is 3.35. The van der Waals surface area contributed by atoms with E-state index < -0.39 is 0 Å². The molecule has 0 radical (unpaired) electrons. The highest BCUT2D eigenvalue weighted by atomic mass is 16.2. The monoisotopic (exact) mass is 330 g/mol. The minimum absolute atomic E-state index is 0.0461. The number of nitrogens with zero attached hydrogens (tertiary/aromatic N) is 2. The Hall–Kier alpha value is -1.84. The number of fused-ring (bicyclic) bond motifs is 1. The number of carbonyl (C=O) groups is 2. The Kier molecular flexibility index (Phi) is 6.83. The van der Waals surface area contributed by atoms with Gasteiger partial charge < -0.3 is 9.80 Å². The van der Waals surface area contributed by atoms with Crippen molar-refractivity contribution >= 4 is 11.8 Å². The van der Waals surface area contributed by atoms with Gasteiger partial charge in [-0.2, -0.15) is 0 Å². The van der Waals surface area contributed by atoms with E-state index in [0.717, 1.165) is 38.6 Å². The molecule has 2 amide bonds. The first-order valence-corrected chi connectivity index (χ1v) is 9.16. The Morgan fingerprint density at radius 3 is 2.58 bits per heavy atom. The highest BCUT2D eigenvalue weighted by molar-refractivity contribution is 5.85. The van der Waals surface area contributed by atoms with Crippen molar-refractivity contribution in [2.75, 3.05) is 20.1 Å². The molecule has 0 aliphatic carbocycles. The Morgan fingerprint density at radius 2 is 1.92 bits per heavy atom. The van der Waals surface area contributed by atoms with Crippen molar-refractivity contribution in [2.24, 2.45) is 5.92 Å². The van der Waals surface area contributed by atoms with E-state index in [0.29, 0.717) is 6.54 Å². The molecule has 1 aromatic carbocycles. The zero-order valence-electron chi connectivity index (χ0n) is 15.3. The normalized spacial score (nSPS) is 14.9. The third-order valence-electron chi connectivity index (χ3n) is 4.98. The summed E-state index contributed by atoms with van der Waals surface area (Å²) in [5.41, 5.74) is 2.55. The minimum atomic E-state index is 0.0461. The van der Waals surface area contributed by atoms with Crippen LogP contribution in [0.3, 0.4) is 0 Å². The van der Waals surface area contributed by atoms with Crippen LogP contribution < -0.4 is 0 Å². The largest absolute Gasteiger partial charge is 0.336 e. The number of hydrogen-bond donors (Lipinski definition) is 0. The standard InChI is InChI=1S/C20H30N2O2/c1-4-6-9-16(5-2)20(24)21(3)15-19(23)22-13-12-17-10-7-8-11-18(17)14-22/h7-8,10-11,16H,4-6,9,12-15H2,1-3H3. The van der Waals surface area contributed by atoms with Crippen LogP contribution in [-0.2, 0) is 22.6 Å². The van der Waals surface area contributed by atoms with Crippen molar-refractivity contribution in [3.8, 4) is 0 Å². The Bertz CT molecular complexity index is 571. The Labute approximate surface area is 145 Å². The quantitative estimate of drug-likeness (QED) is 0.770. The van der Waals surface area contributed by atoms with E-state index in [1.807, 2.05) is 17.0 Å². The van der Waals surface area contributed by atoms with Gasteiger partial charge in [0.25, 0.3) is 0 Å². The van der Waals surface area contributed by atoms with Crippen molar-refractivity contribution in [2.45, 2.75) is 52.5 Å². The van der Waals surface area contributed by atoms with Crippen LogP contribution in [-0.4, -0.2) is 41.8 Å². The Balaban J connectivity index is 1.91. The Morgan fingerprint density at radius 1 is 1.21 bits per heavy atom. The van der Waals surface area contributed by atoms with E-state index in [1.165, 1.54) is 11.1 Å². The molecule has 0 spiro atoms. The van der Waals surface area contributed by atoms with Crippen molar-refractivity contribution in [3.63, 3.8) is 0 Å². The van der Waals surface area contributed by atoms with Gasteiger partial charge in [0, 0.05) is 26.1 Å². The lowest BCUT2D eigenvalue weighted by Gasteiger charge is -2.31. The molecule has 0 aromatic heterocycles. The van der Waals surface area contributed by atoms with Gasteiger partial charge in [-0.15, -0.1) is 0 Å². The summed E-state index contributed by atoms with van der Waals surface area (Å²) in [6.07, 6.45) is 4.82. The number of hydrogen-bond acceptors (Lipinski definition) is 2. The summed E-state index contributed by atoms with van der Waals surface area (Å²) in [6.45, 7) is 5.77. The predicted molar refractivity (Wildman–Crippen MR) is 96.5 cm³/mol. The van der Waals surface area contributed by atoms with Crippen LogP contribution >= 0.6 is 0 Å². The second-order valence-electron chi connectivity index (χ2n) is 6.78. The van der Waals surface area contributed by atoms with Gasteiger partial charge >= 0.3 is 0 Å². The third kappa shape index (κ3) is 4.59. The highest BCUT2D eigenvalue weighted by Gasteiger charge is 2.25. The van der Waals surface area contributed by atoms with Crippen LogP contribution in [0.25, 0.3) is 0 Å². The van der Waals surface area contributed by atoms with Gasteiger partial charge in [0.2, 0.25) is 11.8 Å². The summed E-state index contributed by atoms with van der Waals surface area (Å²) < 4.78 is 0. The first kappa shape index (κ1) is 18.5. The smallest absolute Gasteiger partial charge is 0.242 e. The summed E-state index contributed by atoms with van der Waals surface area (Å²) in [7, 11) is 1.76. The summed E-state index contributed by atoms with van der Waals surface area (Å²) in [6, 6.07) is 8.28. The molecule has 132 valence electrons. The predicted octanol–water partition coefficient (Wildman–Crippen LogP) is 3.25. The molecule has 2 rings (SSSR count). The van der Waals surface area contributed by atoms with Gasteiger partial charge in [-0.05, 0) is 30.4 Å². The molecule has 0 bridgehead atoms. The topological polar surface area (TPSA) is 40.6 Å². The van der Waals surface area contributed by atoms with Crippen LogP contribution in [0.5, 0.6) is 0 Å². The lowest BCUT2D eigenvalue weighted by Crippen LogP contribution is -2.44. The zero-order chi connectivity index (χ0) is 17.5. The van der Waals surface area contributed by atoms with Crippen molar-refractivity contribution in [3.05, 3.63) is 35.4 Å². The number of carbonyl (C=O) groups excluding carboxylic acids is 2. The average Bonchev–Trinajstić information content (AvgIpc) is 2.61. The molecule has 0 N–H and O–H groups in total. The van der Waals surface area contributed by atoms with Crippen molar-refractivity contribution in [1.29, 1.82) is 0 Å². The molecule has 24 heavy (non-hydrogen) atoms. The fraction of sp³-hybridized carbons (Fsp3) is 0.600. The van der Waals surface area contributed by atoms with E-state index in [1.54, 1.807) is 11.9 Å². The van der Waals surface area contributed by atoms with Crippen molar-refractivity contribution < 1.29 is 9.59 Å². The first-order valence-electron chi connectivity index (χ1n) is 9.16. The van der Waals surface area contributed by atoms with Gasteiger partial charge in [0.05, 0.1) is 6.54 Å². The highest BCUT2D eigenvalue weighted by Crippen LogP contribution is 2.19. The van der Waals surface area contributed by atoms with Gasteiger partial charge in [-0.1, -0.05) is 51.0 Å². The molecule has 1 atom stereocenters. The zero-order valence-corrected chi connectivity index (χ0v) is 15.3. The lowest BCUT2D eigenvalue weighted by atomic mass is 9.98. The molecule has 4 nitrogen and oxygen atoms in total. The number of benzene rings is 1. The summed E-state index contributed by atoms with van der Waals surface area (Å²) in [4.78, 5) is 28.6. The van der Waals surface area contributed by atoms with Gasteiger partial charge in [0.1, 0.15) is 0 Å². The maximum absolute atomic E-state index is 12.6. The molecule has 1 heterocycles. The van der Waals surface area contributed by atoms with Gasteiger partial charge in [-0.3, -0.25) is 9.59 Å². The molecule has 1 aromatic rings. The maximum atomic E-state index is 12.6. The van der Waals surface area contributed by atoms with E-state index >= 15 is 0 Å². The molecule has 0 saturated heterocycles. The second kappa shape index (κ2) is 8.86. The van der Waals surface area contributed by atoms with Crippen LogP contribution in [0.1, 0.15) is 50.7 Å². The molecule has 1 unspecified atom stereocenters. The second-order valence-corrected chi connectivity index (χ2v) is 6.78. The molecule has 0 fully saturated rings. The van der Waals surface area contributed by atoms with Gasteiger partial charge in [-0.25, -0.2) is 0 Å². The fourth-order valence-corrected chi connectivity index (χ4v) is 3.35. The van der Waals surface area contributed by atoms with Crippen LogP contribution in [0, 0.1) is 5.92 Å². The third-order valence-corrected chi connectivity index (χ3v) is 4.98. The van der Waals surface area contributed by atoms with Crippen molar-refractivity contribution in [1.82, 2.24) is 9.80 Å². The maximum Gasteiger partial charge on any atom is 0.242 e. The summed E-state index contributed by atoms with van der Waals surface area (Å²) in [5, 5.41) is 0. The van der Waals surface area contributed by atoms with E-state index in [-0.39, 0.29) is 24.3 Å². The summed E-state index contributed by atoms with van der Waals surface area (Å²) in [5.74, 6) is 0.201. The number of unbranched alkanes of at least 4 members (excludes halogenated alkanes) is 1. The van der Waals surface area contributed by atoms with Gasteiger partial charge in [0.15, 0.2) is 0 Å². The lowest BCUT2D eigenvalue weighted by molar-refractivity contribution is -0.142. The molecule has 4 heteroatoms. The molecular formula is C20H30N2O2. The van der Waals surface area contributed by atoms with Crippen LogP contribution in [0.2, 0.25) is 0 Å². The van der Waals surface area contributed by atoms with Crippen LogP contribution in [0.4, 0.5) is 0 Å². The minimum Gasteiger partial charge on any atom is -0.336 e. The van der Waals surface area contributed by atoms with E-state index in [2.05, 4.69) is 26.0 Å². The van der Waals surface area contributed by atoms with E-state index in [4.69, 9.17) is 0 Å². The molecule has 0 saturated carbocycles. The first-order chi connectivity index (χ1) is 11.6. The molecular weight excluding hydrogens is 300 g/mol. The molecule has 1 aliphatic heterocycles. The number of amides is 2. The van der Waals surface area contributed by atoms with Crippen LogP contribution in [0.15, 0.2) is 24.3 Å². The SMILES string of the molecule is CCCCC(CC)C(=O)N(C)CC(=O)N1CCc2ccccc2C1. The average molecular weight is 330 g/mol. The molecule has 1 aliphatic rings. The summed E-state index contributed by atoms with van der Waals surface area (Å²) >= 11 is 0. The number of rotatable bonds is 7. The number of likely N-dealkylation sites (N-methyl/N-ethyl adjacent to an activating group) is 1. The van der Waals surface area contributed by atoms with E-state index in [9.17, 15) is 9.59 Å².